The largest absolute Gasteiger partial charge is 0.380 e. The highest BCUT2D eigenvalue weighted by atomic mass is 16.5. The zero-order valence-electron chi connectivity index (χ0n) is 7.92. The Morgan fingerprint density at radius 2 is 1.15 bits per heavy atom. The van der Waals surface area contributed by atoms with Crippen LogP contribution in [-0.4, -0.2) is 46.2 Å². The second-order valence-corrected chi connectivity index (χ2v) is 3.32. The molecule has 0 spiro atoms. The lowest BCUT2D eigenvalue weighted by molar-refractivity contribution is -0.120. The molecule has 0 aromatic rings. The molecule has 0 heterocycles. The first-order valence-electron chi connectivity index (χ1n) is 4.25. The van der Waals surface area contributed by atoms with E-state index in [-0.39, 0.29) is 25.0 Å². The molecular weight excluding hydrogens is 176 g/mol. The summed E-state index contributed by atoms with van der Waals surface area (Å²) in [5.74, 6) is -0.744. The topological polar surface area (TPSA) is 90.2 Å². The van der Waals surface area contributed by atoms with Crippen LogP contribution in [0, 0.1) is 11.8 Å². The smallest absolute Gasteiger partial charge is 0.156 e. The molecule has 4 N–H and O–H groups in total. The predicted octanol–water partition coefficient (Wildman–Crippen LogP) is -1.10. The molecule has 2 unspecified atom stereocenters. The van der Waals surface area contributed by atoms with Gasteiger partial charge in [-0.05, 0) is 0 Å². The van der Waals surface area contributed by atoms with Crippen LogP contribution >= 0.6 is 0 Å². The first kappa shape index (κ1) is 12.8. The van der Waals surface area contributed by atoms with Crippen LogP contribution in [-0.2, 0) is 4.74 Å². The molecule has 0 aromatic carbocycles. The molecule has 0 fully saturated rings. The summed E-state index contributed by atoms with van der Waals surface area (Å²) in [6.45, 7) is 3.64. The van der Waals surface area contributed by atoms with Crippen molar-refractivity contribution >= 4 is 0 Å². The van der Waals surface area contributed by atoms with Gasteiger partial charge in [0.25, 0.3) is 0 Å². The van der Waals surface area contributed by atoms with Crippen LogP contribution in [0.3, 0.4) is 0 Å². The van der Waals surface area contributed by atoms with E-state index in [1.54, 1.807) is 13.8 Å². The molecular formula is C8H18O5. The molecule has 0 radical (unpaired) electrons. The average Bonchev–Trinajstić information content (AvgIpc) is 2.03. The Labute approximate surface area is 77.6 Å². The van der Waals surface area contributed by atoms with Gasteiger partial charge in [0.2, 0.25) is 0 Å². The van der Waals surface area contributed by atoms with Crippen LogP contribution in [0.2, 0.25) is 0 Å². The number of aliphatic hydroxyl groups is 4. The first-order chi connectivity index (χ1) is 5.95. The average molecular weight is 194 g/mol. The van der Waals surface area contributed by atoms with E-state index in [1.807, 2.05) is 0 Å². The van der Waals surface area contributed by atoms with Crippen LogP contribution in [0.25, 0.3) is 0 Å². The number of hydrogen-bond donors (Lipinski definition) is 4. The van der Waals surface area contributed by atoms with Gasteiger partial charge in [0, 0.05) is 11.8 Å². The Hall–Kier alpha value is -0.200. The zero-order valence-corrected chi connectivity index (χ0v) is 7.92. The molecule has 0 rings (SSSR count). The molecule has 0 amide bonds. The molecule has 0 saturated carbocycles. The van der Waals surface area contributed by atoms with E-state index in [9.17, 15) is 0 Å². The minimum absolute atomic E-state index is 0.189. The van der Waals surface area contributed by atoms with E-state index in [0.717, 1.165) is 0 Å². The maximum atomic E-state index is 8.67. The van der Waals surface area contributed by atoms with Gasteiger partial charge in [-0.1, -0.05) is 13.8 Å². The van der Waals surface area contributed by atoms with Crippen molar-refractivity contribution in [3.8, 4) is 0 Å². The zero-order chi connectivity index (χ0) is 10.4. The van der Waals surface area contributed by atoms with Gasteiger partial charge in [-0.2, -0.15) is 0 Å². The fourth-order valence-electron chi connectivity index (χ4n) is 0.612. The predicted molar refractivity (Wildman–Crippen MR) is 45.6 cm³/mol. The van der Waals surface area contributed by atoms with E-state index in [4.69, 9.17) is 25.2 Å². The lowest BCUT2D eigenvalue weighted by Crippen LogP contribution is -2.26. The van der Waals surface area contributed by atoms with Gasteiger partial charge in [0.15, 0.2) is 12.6 Å². The molecule has 0 aliphatic rings. The minimum Gasteiger partial charge on any atom is -0.380 e. The maximum Gasteiger partial charge on any atom is 0.156 e. The third-order valence-corrected chi connectivity index (χ3v) is 1.78. The highest BCUT2D eigenvalue weighted by Gasteiger charge is 2.14. The number of ether oxygens (including phenoxy) is 1. The second-order valence-electron chi connectivity index (χ2n) is 3.32. The van der Waals surface area contributed by atoms with Crippen molar-refractivity contribution in [3.05, 3.63) is 0 Å². The Balaban J connectivity index is 3.45. The second kappa shape index (κ2) is 6.28. The highest BCUT2D eigenvalue weighted by molar-refractivity contribution is 4.55. The Bertz CT molecular complexity index is 112. The molecule has 2 atom stereocenters. The normalized spacial score (nSPS) is 16.6. The van der Waals surface area contributed by atoms with Gasteiger partial charge in [-0.15, -0.1) is 0 Å². The summed E-state index contributed by atoms with van der Waals surface area (Å²) < 4.78 is 5.04. The van der Waals surface area contributed by atoms with E-state index in [0.29, 0.717) is 0 Å². The number of rotatable bonds is 6. The van der Waals surface area contributed by atoms with E-state index < -0.39 is 12.6 Å². The first-order valence-corrected chi connectivity index (χ1v) is 4.25. The molecule has 5 heteroatoms. The van der Waals surface area contributed by atoms with Gasteiger partial charge in [-0.3, -0.25) is 0 Å². The molecule has 0 aliphatic carbocycles. The fraction of sp³-hybridized carbons (Fsp3) is 1.00. The summed E-state index contributed by atoms with van der Waals surface area (Å²) in [5.41, 5.74) is 0. The molecule has 0 saturated heterocycles. The van der Waals surface area contributed by atoms with Gasteiger partial charge in [-0.25, -0.2) is 0 Å². The van der Waals surface area contributed by atoms with Crippen LogP contribution in [0.1, 0.15) is 13.8 Å². The van der Waals surface area contributed by atoms with Crippen molar-refractivity contribution in [1.29, 1.82) is 0 Å². The lowest BCUT2D eigenvalue weighted by atomic mass is 10.2. The van der Waals surface area contributed by atoms with E-state index >= 15 is 0 Å². The molecule has 80 valence electrons. The SMILES string of the molecule is CC(COCC(C)C(O)O)C(O)O. The summed E-state index contributed by atoms with van der Waals surface area (Å²) in [4.78, 5) is 0. The number of hydrogen-bond acceptors (Lipinski definition) is 5. The molecule has 0 aliphatic heterocycles. The third-order valence-electron chi connectivity index (χ3n) is 1.78. The lowest BCUT2D eigenvalue weighted by Gasteiger charge is -2.17. The summed E-state index contributed by atoms with van der Waals surface area (Å²) in [6, 6.07) is 0. The van der Waals surface area contributed by atoms with Gasteiger partial charge < -0.3 is 25.2 Å². The minimum atomic E-state index is -1.39. The quantitative estimate of drug-likeness (QED) is 0.403. The van der Waals surface area contributed by atoms with Crippen molar-refractivity contribution in [3.63, 3.8) is 0 Å². The monoisotopic (exact) mass is 194 g/mol. The Morgan fingerprint density at radius 1 is 0.846 bits per heavy atom. The van der Waals surface area contributed by atoms with Crippen LogP contribution in [0.15, 0.2) is 0 Å². The Morgan fingerprint density at radius 3 is 1.38 bits per heavy atom. The van der Waals surface area contributed by atoms with Crippen LogP contribution in [0.4, 0.5) is 0 Å². The van der Waals surface area contributed by atoms with Crippen molar-refractivity contribution < 1.29 is 25.2 Å². The van der Waals surface area contributed by atoms with E-state index in [1.165, 1.54) is 0 Å². The summed E-state index contributed by atoms with van der Waals surface area (Å²) >= 11 is 0. The molecule has 0 aromatic heterocycles. The van der Waals surface area contributed by atoms with Crippen molar-refractivity contribution in [2.24, 2.45) is 11.8 Å². The molecule has 5 nitrogen and oxygen atoms in total. The number of aliphatic hydroxyl groups excluding tert-OH is 2. The summed E-state index contributed by atoms with van der Waals surface area (Å²) in [6.07, 6.45) is -2.79. The van der Waals surface area contributed by atoms with E-state index in [2.05, 4.69) is 0 Å². The summed E-state index contributed by atoms with van der Waals surface area (Å²) in [5, 5.41) is 34.7. The fourth-order valence-corrected chi connectivity index (χ4v) is 0.612. The Kier molecular flexibility index (Phi) is 6.19. The van der Waals surface area contributed by atoms with Crippen LogP contribution < -0.4 is 0 Å². The third kappa shape index (κ3) is 5.95. The summed E-state index contributed by atoms with van der Waals surface area (Å²) in [7, 11) is 0. The maximum absolute atomic E-state index is 8.67. The van der Waals surface area contributed by atoms with Crippen molar-refractivity contribution in [2.75, 3.05) is 13.2 Å². The highest BCUT2D eigenvalue weighted by Crippen LogP contribution is 2.04. The van der Waals surface area contributed by atoms with Gasteiger partial charge >= 0.3 is 0 Å². The van der Waals surface area contributed by atoms with Gasteiger partial charge in [0.1, 0.15) is 0 Å². The van der Waals surface area contributed by atoms with Crippen LogP contribution in [0.5, 0.6) is 0 Å². The molecule has 13 heavy (non-hydrogen) atoms. The van der Waals surface area contributed by atoms with Crippen molar-refractivity contribution in [1.82, 2.24) is 0 Å². The van der Waals surface area contributed by atoms with Crippen molar-refractivity contribution in [2.45, 2.75) is 26.4 Å². The standard InChI is InChI=1S/C8H18O5/c1-5(7(9)10)3-13-4-6(2)8(11)12/h5-12H,3-4H2,1-2H3. The molecule has 0 bridgehead atoms. The van der Waals surface area contributed by atoms with Gasteiger partial charge in [0.05, 0.1) is 13.2 Å².